The molecule has 0 atom stereocenters. The molecule has 1 N–H and O–H groups in total. The van der Waals surface area contributed by atoms with Crippen molar-refractivity contribution in [2.45, 2.75) is 26.8 Å². The number of thiophene rings is 1. The Morgan fingerprint density at radius 3 is 2.82 bits per heavy atom. The Morgan fingerprint density at radius 2 is 2.18 bits per heavy atom. The molecule has 6 nitrogen and oxygen atoms in total. The molecule has 7 heteroatoms. The van der Waals surface area contributed by atoms with E-state index >= 15 is 0 Å². The molecule has 0 aliphatic heterocycles. The zero-order valence-electron chi connectivity index (χ0n) is 13.5. The Hall–Kier alpha value is -1.73. The highest BCUT2D eigenvalue weighted by Gasteiger charge is 2.18. The first kappa shape index (κ1) is 16.6. The minimum atomic E-state index is -0.123. The number of aromatic nitrogens is 2. The fourth-order valence-electron chi connectivity index (χ4n) is 2.28. The van der Waals surface area contributed by atoms with Crippen molar-refractivity contribution in [3.05, 3.63) is 27.1 Å². The number of amides is 1. The van der Waals surface area contributed by atoms with Gasteiger partial charge in [0.1, 0.15) is 4.83 Å². The van der Waals surface area contributed by atoms with Crippen LogP contribution in [0.25, 0.3) is 10.2 Å². The molecule has 0 aliphatic carbocycles. The molecule has 2 heterocycles. The maximum atomic E-state index is 12.3. The summed E-state index contributed by atoms with van der Waals surface area (Å²) in [6, 6.07) is 0. The number of hydrogen-bond acceptors (Lipinski definition) is 5. The molecule has 0 radical (unpaired) electrons. The van der Waals surface area contributed by atoms with Gasteiger partial charge >= 0.3 is 0 Å². The van der Waals surface area contributed by atoms with E-state index in [-0.39, 0.29) is 11.5 Å². The average molecular weight is 322 g/mol. The molecule has 0 unspecified atom stereocenters. The third-order valence-electron chi connectivity index (χ3n) is 3.53. The fraction of sp³-hybridized carbons (Fsp3) is 0.533. The number of carbonyl (C=O) groups excluding carboxylic acids is 1. The van der Waals surface area contributed by atoms with E-state index in [0.717, 1.165) is 18.5 Å². The van der Waals surface area contributed by atoms with E-state index in [1.165, 1.54) is 11.3 Å². The Morgan fingerprint density at radius 1 is 1.45 bits per heavy atom. The van der Waals surface area contributed by atoms with Gasteiger partial charge in [-0.1, -0.05) is 0 Å². The van der Waals surface area contributed by atoms with E-state index in [0.29, 0.717) is 28.2 Å². The van der Waals surface area contributed by atoms with Gasteiger partial charge < -0.3 is 10.2 Å². The predicted molar refractivity (Wildman–Crippen MR) is 89.8 cm³/mol. The van der Waals surface area contributed by atoms with Crippen LogP contribution in [-0.4, -0.2) is 47.5 Å². The van der Waals surface area contributed by atoms with Gasteiger partial charge in [-0.3, -0.25) is 14.2 Å². The molecule has 2 aromatic rings. The Bertz CT molecular complexity index is 733. The Labute approximate surface area is 133 Å². The largest absolute Gasteiger partial charge is 0.351 e. The topological polar surface area (TPSA) is 67.2 Å². The Kier molecular flexibility index (Phi) is 5.31. The van der Waals surface area contributed by atoms with E-state index in [4.69, 9.17) is 0 Å². The van der Waals surface area contributed by atoms with Crippen molar-refractivity contribution in [1.82, 2.24) is 19.8 Å². The lowest BCUT2D eigenvalue weighted by Crippen LogP contribution is -2.27. The van der Waals surface area contributed by atoms with Crippen LogP contribution in [-0.2, 0) is 6.54 Å². The molecule has 0 saturated heterocycles. The van der Waals surface area contributed by atoms with Gasteiger partial charge in [-0.25, -0.2) is 4.98 Å². The summed E-state index contributed by atoms with van der Waals surface area (Å²) in [5, 5.41) is 3.48. The van der Waals surface area contributed by atoms with Crippen molar-refractivity contribution in [3.8, 4) is 0 Å². The van der Waals surface area contributed by atoms with Crippen LogP contribution in [0, 0.1) is 6.92 Å². The van der Waals surface area contributed by atoms with E-state index < -0.39 is 0 Å². The van der Waals surface area contributed by atoms with Crippen molar-refractivity contribution in [1.29, 1.82) is 0 Å². The number of rotatable bonds is 6. The van der Waals surface area contributed by atoms with Crippen molar-refractivity contribution >= 4 is 27.5 Å². The molecule has 22 heavy (non-hydrogen) atoms. The van der Waals surface area contributed by atoms with Crippen molar-refractivity contribution in [2.75, 3.05) is 27.2 Å². The number of hydrogen-bond donors (Lipinski definition) is 1. The second-order valence-corrected chi connectivity index (χ2v) is 6.48. The quantitative estimate of drug-likeness (QED) is 0.818. The summed E-state index contributed by atoms with van der Waals surface area (Å²) in [4.78, 5) is 32.2. The molecule has 120 valence electrons. The number of nitrogens with zero attached hydrogens (tertiary/aromatic N) is 3. The van der Waals surface area contributed by atoms with Gasteiger partial charge in [0.2, 0.25) is 0 Å². The summed E-state index contributed by atoms with van der Waals surface area (Å²) >= 11 is 1.28. The summed E-state index contributed by atoms with van der Waals surface area (Å²) in [6.45, 7) is 5.83. The summed E-state index contributed by atoms with van der Waals surface area (Å²) in [5.41, 5.74) is 0.651. The molecular formula is C15H22N4O2S. The first-order chi connectivity index (χ1) is 10.5. The molecule has 0 fully saturated rings. The van der Waals surface area contributed by atoms with Gasteiger partial charge in [0, 0.05) is 13.1 Å². The van der Waals surface area contributed by atoms with Crippen LogP contribution in [0.3, 0.4) is 0 Å². The highest BCUT2D eigenvalue weighted by Crippen LogP contribution is 2.26. The van der Waals surface area contributed by atoms with Crippen LogP contribution in [0.5, 0.6) is 0 Å². The lowest BCUT2D eigenvalue weighted by atomic mass is 10.2. The zero-order valence-corrected chi connectivity index (χ0v) is 14.3. The zero-order chi connectivity index (χ0) is 16.3. The third-order valence-corrected chi connectivity index (χ3v) is 4.73. The van der Waals surface area contributed by atoms with Crippen LogP contribution in [0.4, 0.5) is 0 Å². The molecule has 2 aromatic heterocycles. The van der Waals surface area contributed by atoms with E-state index in [1.54, 1.807) is 10.9 Å². The number of nitrogens with one attached hydrogen (secondary N) is 1. The second kappa shape index (κ2) is 7.02. The number of fused-ring (bicyclic) bond motifs is 1. The van der Waals surface area contributed by atoms with Crippen LogP contribution in [0.1, 0.15) is 28.6 Å². The molecule has 0 aromatic carbocycles. The fourth-order valence-corrected chi connectivity index (χ4v) is 3.33. The maximum Gasteiger partial charge on any atom is 0.262 e. The van der Waals surface area contributed by atoms with Crippen molar-refractivity contribution < 1.29 is 4.79 Å². The van der Waals surface area contributed by atoms with Crippen LogP contribution in [0.2, 0.25) is 0 Å². The molecule has 0 saturated carbocycles. The lowest BCUT2D eigenvalue weighted by Gasteiger charge is -2.09. The minimum Gasteiger partial charge on any atom is -0.351 e. The van der Waals surface area contributed by atoms with Crippen LogP contribution < -0.4 is 10.9 Å². The van der Waals surface area contributed by atoms with Gasteiger partial charge in [-0.05, 0) is 46.5 Å². The highest BCUT2D eigenvalue weighted by molar-refractivity contribution is 7.20. The Balaban J connectivity index is 2.21. The van der Waals surface area contributed by atoms with Crippen LogP contribution >= 0.6 is 11.3 Å². The van der Waals surface area contributed by atoms with E-state index in [1.807, 2.05) is 27.9 Å². The summed E-state index contributed by atoms with van der Waals surface area (Å²) in [5.74, 6) is -0.123. The molecular weight excluding hydrogens is 300 g/mol. The molecule has 0 aliphatic rings. The summed E-state index contributed by atoms with van der Waals surface area (Å²) in [7, 11) is 4.00. The summed E-state index contributed by atoms with van der Waals surface area (Å²) in [6.07, 6.45) is 2.43. The number of carbonyl (C=O) groups is 1. The highest BCUT2D eigenvalue weighted by atomic mass is 32.1. The van der Waals surface area contributed by atoms with Crippen molar-refractivity contribution in [2.24, 2.45) is 0 Å². The molecule has 0 spiro atoms. The van der Waals surface area contributed by atoms with Gasteiger partial charge in [-0.2, -0.15) is 0 Å². The summed E-state index contributed by atoms with van der Waals surface area (Å²) < 4.78 is 1.56. The lowest BCUT2D eigenvalue weighted by molar-refractivity contribution is 0.0956. The first-order valence-corrected chi connectivity index (χ1v) is 8.18. The van der Waals surface area contributed by atoms with Crippen molar-refractivity contribution in [3.63, 3.8) is 0 Å². The third kappa shape index (κ3) is 3.36. The minimum absolute atomic E-state index is 0.0760. The van der Waals surface area contributed by atoms with E-state index in [2.05, 4.69) is 15.2 Å². The molecule has 1 amide bonds. The van der Waals surface area contributed by atoms with E-state index in [9.17, 15) is 9.59 Å². The monoisotopic (exact) mass is 322 g/mol. The molecule has 0 bridgehead atoms. The predicted octanol–water partition coefficient (Wildman–Crippen LogP) is 1.47. The van der Waals surface area contributed by atoms with Gasteiger partial charge in [0.25, 0.3) is 11.5 Å². The SMILES string of the molecule is CCn1cnc2sc(C(=O)NCCCN(C)C)c(C)c2c1=O. The van der Waals surface area contributed by atoms with Gasteiger partial charge in [0.15, 0.2) is 0 Å². The molecule has 2 rings (SSSR count). The first-order valence-electron chi connectivity index (χ1n) is 7.37. The number of aryl methyl sites for hydroxylation is 2. The second-order valence-electron chi connectivity index (χ2n) is 5.48. The van der Waals surface area contributed by atoms with Gasteiger partial charge in [-0.15, -0.1) is 11.3 Å². The smallest absolute Gasteiger partial charge is 0.262 e. The van der Waals surface area contributed by atoms with Crippen LogP contribution in [0.15, 0.2) is 11.1 Å². The van der Waals surface area contributed by atoms with Gasteiger partial charge in [0.05, 0.1) is 16.6 Å². The standard InChI is InChI=1S/C15H22N4O2S/c1-5-19-9-17-14-11(15(19)21)10(2)12(22-14)13(20)16-7-6-8-18(3)4/h9H,5-8H2,1-4H3,(H,16,20). The maximum absolute atomic E-state index is 12.3. The average Bonchev–Trinajstić information content (AvgIpc) is 2.81. The normalized spacial score (nSPS) is 11.3.